The second-order valence-corrected chi connectivity index (χ2v) is 5.64. The monoisotopic (exact) mass is 318 g/mol. The number of rotatable bonds is 3. The van der Waals surface area contributed by atoms with Crippen LogP contribution in [0.5, 0.6) is 0 Å². The topological polar surface area (TPSA) is 49.4 Å². The number of nitrogens with one attached hydrogen (secondary N) is 1. The van der Waals surface area contributed by atoms with Crippen LogP contribution in [0.25, 0.3) is 0 Å². The van der Waals surface area contributed by atoms with Crippen molar-refractivity contribution in [3.8, 4) is 11.8 Å². The van der Waals surface area contributed by atoms with Crippen LogP contribution in [0, 0.1) is 11.8 Å². The van der Waals surface area contributed by atoms with Crippen molar-refractivity contribution in [3.63, 3.8) is 0 Å². The van der Waals surface area contributed by atoms with Gasteiger partial charge in [-0.2, -0.15) is 0 Å². The fourth-order valence-corrected chi connectivity index (χ4v) is 2.69. The van der Waals surface area contributed by atoms with Crippen molar-refractivity contribution in [1.82, 2.24) is 5.32 Å². The Labute approximate surface area is 141 Å². The van der Waals surface area contributed by atoms with Crippen LogP contribution in [0.3, 0.4) is 0 Å². The van der Waals surface area contributed by atoms with Crippen molar-refractivity contribution in [1.29, 1.82) is 0 Å². The zero-order valence-corrected chi connectivity index (χ0v) is 13.5. The molecule has 0 aromatic heterocycles. The second-order valence-electron chi connectivity index (χ2n) is 5.64. The molecule has 4 heteroatoms. The molecule has 0 radical (unpaired) electrons. The lowest BCUT2D eigenvalue weighted by Gasteiger charge is -2.26. The first-order chi connectivity index (χ1) is 11.6. The minimum Gasteiger partial charge on any atom is -0.356 e. The molecule has 24 heavy (non-hydrogen) atoms. The summed E-state index contributed by atoms with van der Waals surface area (Å²) in [6.45, 7) is 2.25. The maximum absolute atomic E-state index is 12.7. The number of hydrogen-bond acceptors (Lipinski definition) is 2. The summed E-state index contributed by atoms with van der Waals surface area (Å²) >= 11 is 0. The van der Waals surface area contributed by atoms with Gasteiger partial charge in [0.2, 0.25) is 11.8 Å². The zero-order valence-electron chi connectivity index (χ0n) is 13.5. The van der Waals surface area contributed by atoms with E-state index in [9.17, 15) is 9.59 Å². The molecule has 0 spiro atoms. The Morgan fingerprint density at radius 2 is 1.71 bits per heavy atom. The predicted octanol–water partition coefficient (Wildman–Crippen LogP) is 2.46. The van der Waals surface area contributed by atoms with Crippen molar-refractivity contribution in [3.05, 3.63) is 65.2 Å². The third-order valence-electron chi connectivity index (χ3n) is 3.89. The van der Waals surface area contributed by atoms with Crippen LogP contribution in [0.4, 0.5) is 5.69 Å². The molecular weight excluding hydrogens is 300 g/mol. The van der Waals surface area contributed by atoms with Crippen LogP contribution < -0.4 is 10.2 Å². The molecule has 0 fully saturated rings. The Morgan fingerprint density at radius 3 is 2.50 bits per heavy atom. The molecule has 2 amide bonds. The summed E-state index contributed by atoms with van der Waals surface area (Å²) in [5.41, 5.74) is 3.60. The van der Waals surface area contributed by atoms with E-state index in [1.165, 1.54) is 6.92 Å². The van der Waals surface area contributed by atoms with E-state index in [0.29, 0.717) is 13.1 Å². The van der Waals surface area contributed by atoms with E-state index in [1.54, 1.807) is 4.90 Å². The van der Waals surface area contributed by atoms with Gasteiger partial charge >= 0.3 is 0 Å². The summed E-state index contributed by atoms with van der Waals surface area (Å²) in [5, 5.41) is 2.67. The van der Waals surface area contributed by atoms with E-state index in [-0.39, 0.29) is 18.2 Å². The Balaban J connectivity index is 1.95. The highest BCUT2D eigenvalue weighted by Crippen LogP contribution is 2.25. The van der Waals surface area contributed by atoms with Gasteiger partial charge in [-0.15, -0.1) is 0 Å². The van der Waals surface area contributed by atoms with Crippen LogP contribution >= 0.6 is 0 Å². The van der Waals surface area contributed by atoms with Crippen molar-refractivity contribution in [2.75, 3.05) is 11.4 Å². The van der Waals surface area contributed by atoms with Gasteiger partial charge in [0.15, 0.2) is 0 Å². The molecule has 120 valence electrons. The second kappa shape index (κ2) is 7.01. The lowest BCUT2D eigenvalue weighted by molar-refractivity contribution is -0.120. The van der Waals surface area contributed by atoms with Gasteiger partial charge in [-0.25, -0.2) is 0 Å². The van der Waals surface area contributed by atoms with E-state index >= 15 is 0 Å². The van der Waals surface area contributed by atoms with Crippen molar-refractivity contribution >= 4 is 17.5 Å². The van der Waals surface area contributed by atoms with Gasteiger partial charge in [-0.3, -0.25) is 9.59 Å². The molecule has 2 aromatic rings. The summed E-state index contributed by atoms with van der Waals surface area (Å²) in [6.07, 6.45) is 0.253. The first-order valence-corrected chi connectivity index (χ1v) is 7.89. The number of para-hydroxylation sites is 1. The number of benzene rings is 2. The van der Waals surface area contributed by atoms with Crippen LogP contribution in [-0.2, 0) is 16.1 Å². The summed E-state index contributed by atoms with van der Waals surface area (Å²) in [7, 11) is 0. The minimum atomic E-state index is -0.132. The first-order valence-electron chi connectivity index (χ1n) is 7.89. The molecule has 4 nitrogen and oxygen atoms in total. The van der Waals surface area contributed by atoms with Crippen LogP contribution in [0.1, 0.15) is 30.0 Å². The van der Waals surface area contributed by atoms with E-state index in [4.69, 9.17) is 0 Å². The third-order valence-corrected chi connectivity index (χ3v) is 3.89. The number of nitrogens with zero attached hydrogens (tertiary/aromatic N) is 1. The van der Waals surface area contributed by atoms with Crippen LogP contribution in [0.2, 0.25) is 0 Å². The number of amides is 2. The standard InChI is InChI=1S/C20H18N2O2/c1-15(23)21-13-12-20(24)22-14-18-8-3-2-6-16(18)10-11-17-7-4-5-9-19(17)22/h2-9H,12-14H2,1H3,(H,21,23). The van der Waals surface area contributed by atoms with Gasteiger partial charge in [-0.05, 0) is 23.8 Å². The molecule has 1 heterocycles. The normalized spacial score (nSPS) is 12.0. The molecule has 3 rings (SSSR count). The molecule has 0 atom stereocenters. The summed E-state index contributed by atoms with van der Waals surface area (Å²) < 4.78 is 0. The van der Waals surface area contributed by atoms with E-state index in [2.05, 4.69) is 17.2 Å². The molecule has 1 N–H and O–H groups in total. The van der Waals surface area contributed by atoms with Crippen molar-refractivity contribution in [2.45, 2.75) is 19.9 Å². The van der Waals surface area contributed by atoms with Crippen molar-refractivity contribution in [2.24, 2.45) is 0 Å². The summed E-state index contributed by atoms with van der Waals surface area (Å²) in [4.78, 5) is 25.5. The average molecular weight is 318 g/mol. The number of carbonyl (C=O) groups is 2. The van der Waals surface area contributed by atoms with Gasteiger partial charge in [0, 0.05) is 31.0 Å². The fraction of sp³-hybridized carbons (Fsp3) is 0.200. The molecule has 0 bridgehead atoms. The fourth-order valence-electron chi connectivity index (χ4n) is 2.69. The maximum Gasteiger partial charge on any atom is 0.229 e. The molecule has 1 aliphatic heterocycles. The van der Waals surface area contributed by atoms with E-state index < -0.39 is 0 Å². The van der Waals surface area contributed by atoms with Gasteiger partial charge in [-0.1, -0.05) is 42.2 Å². The van der Waals surface area contributed by atoms with Crippen LogP contribution in [-0.4, -0.2) is 18.4 Å². The van der Waals surface area contributed by atoms with Crippen molar-refractivity contribution < 1.29 is 9.59 Å². The Morgan fingerprint density at radius 1 is 1.04 bits per heavy atom. The largest absolute Gasteiger partial charge is 0.356 e. The molecular formula is C20H18N2O2. The zero-order chi connectivity index (χ0) is 16.9. The lowest BCUT2D eigenvalue weighted by Crippen LogP contribution is -2.34. The quantitative estimate of drug-likeness (QED) is 0.884. The number of hydrogen-bond donors (Lipinski definition) is 1. The summed E-state index contributed by atoms with van der Waals surface area (Å²) in [6, 6.07) is 15.5. The molecule has 0 aliphatic carbocycles. The average Bonchev–Trinajstić information content (AvgIpc) is 2.56. The lowest BCUT2D eigenvalue weighted by atomic mass is 10.0. The highest BCUT2D eigenvalue weighted by atomic mass is 16.2. The SMILES string of the molecule is CC(=O)NCCC(=O)N1Cc2ccccc2C#Cc2ccccc21. The van der Waals surface area contributed by atoms with E-state index in [0.717, 1.165) is 22.4 Å². The molecule has 0 unspecified atom stereocenters. The maximum atomic E-state index is 12.7. The number of anilines is 1. The number of fused-ring (bicyclic) bond motifs is 2. The Hall–Kier alpha value is -3.06. The van der Waals surface area contributed by atoms with Crippen LogP contribution in [0.15, 0.2) is 48.5 Å². The Bertz CT molecular complexity index is 846. The molecule has 1 aliphatic rings. The number of carbonyl (C=O) groups excluding carboxylic acids is 2. The molecule has 0 saturated heterocycles. The highest BCUT2D eigenvalue weighted by molar-refractivity contribution is 5.95. The third kappa shape index (κ3) is 3.47. The smallest absolute Gasteiger partial charge is 0.229 e. The Kier molecular flexibility index (Phi) is 4.62. The summed E-state index contributed by atoms with van der Waals surface area (Å²) in [5.74, 6) is 6.20. The first kappa shape index (κ1) is 15.8. The van der Waals surface area contributed by atoms with E-state index in [1.807, 2.05) is 48.5 Å². The minimum absolute atomic E-state index is 0.0327. The van der Waals surface area contributed by atoms with Gasteiger partial charge < -0.3 is 10.2 Å². The molecule has 0 saturated carbocycles. The molecule has 2 aromatic carbocycles. The van der Waals surface area contributed by atoms with Gasteiger partial charge in [0.25, 0.3) is 0 Å². The highest BCUT2D eigenvalue weighted by Gasteiger charge is 2.20. The van der Waals surface area contributed by atoms with Gasteiger partial charge in [0.05, 0.1) is 12.2 Å². The predicted molar refractivity (Wildman–Crippen MR) is 93.4 cm³/mol. The van der Waals surface area contributed by atoms with Gasteiger partial charge in [0.1, 0.15) is 0 Å².